The fourth-order valence-corrected chi connectivity index (χ4v) is 1.96. The van der Waals surface area contributed by atoms with Crippen LogP contribution in [0.4, 0.5) is 0 Å². The average Bonchev–Trinajstić information content (AvgIpc) is 2.23. The predicted molar refractivity (Wildman–Crippen MR) is 60.3 cm³/mol. The number of ether oxygens (including phenoxy) is 1. The van der Waals surface area contributed by atoms with Crippen LogP contribution in [0.5, 0.6) is 0 Å². The van der Waals surface area contributed by atoms with Gasteiger partial charge in [-0.25, -0.2) is 4.79 Å². The molecule has 1 atom stereocenters. The van der Waals surface area contributed by atoms with Gasteiger partial charge in [0.05, 0.1) is 19.4 Å². The zero-order chi connectivity index (χ0) is 13.8. The van der Waals surface area contributed by atoms with E-state index in [-0.39, 0.29) is 13.2 Å². The van der Waals surface area contributed by atoms with Crippen LogP contribution >= 0.6 is 7.60 Å². The van der Waals surface area contributed by atoms with Crippen LogP contribution in [-0.4, -0.2) is 43.8 Å². The van der Waals surface area contributed by atoms with E-state index in [2.05, 4.69) is 0 Å². The number of aromatic amines is 1. The minimum Gasteiger partial charge on any atom is -0.394 e. The molecular weight excluding hydrogens is 267 g/mol. The van der Waals surface area contributed by atoms with E-state index in [1.807, 2.05) is 4.98 Å². The lowest BCUT2D eigenvalue weighted by molar-refractivity contribution is -0.00602. The van der Waals surface area contributed by atoms with Gasteiger partial charge in [-0.1, -0.05) is 0 Å². The Morgan fingerprint density at radius 1 is 1.44 bits per heavy atom. The fourth-order valence-electron chi connectivity index (χ4n) is 1.27. The van der Waals surface area contributed by atoms with Crippen LogP contribution in [0.15, 0.2) is 21.9 Å². The van der Waals surface area contributed by atoms with Crippen molar-refractivity contribution in [1.82, 2.24) is 9.55 Å². The molecule has 0 aliphatic carbocycles. The van der Waals surface area contributed by atoms with E-state index >= 15 is 0 Å². The first-order valence-corrected chi connectivity index (χ1v) is 6.72. The SMILES string of the molecule is O=c1ccn([C@H](CP(=O)(O)O)OCCO)c(=O)[nH]1. The number of H-pyrrole nitrogens is 1. The Balaban J connectivity index is 3.05. The molecule has 18 heavy (non-hydrogen) atoms. The Labute approximate surface area is 101 Å². The number of nitrogens with zero attached hydrogens (tertiary/aromatic N) is 1. The van der Waals surface area contributed by atoms with E-state index in [4.69, 9.17) is 19.6 Å². The monoisotopic (exact) mass is 280 g/mol. The summed E-state index contributed by atoms with van der Waals surface area (Å²) in [7, 11) is -4.42. The van der Waals surface area contributed by atoms with Gasteiger partial charge in [-0.2, -0.15) is 0 Å². The molecule has 10 heteroatoms. The number of hydrogen-bond donors (Lipinski definition) is 4. The molecule has 4 N–H and O–H groups in total. The smallest absolute Gasteiger partial charge is 0.330 e. The molecule has 0 saturated carbocycles. The van der Waals surface area contributed by atoms with Crippen LogP contribution in [0.2, 0.25) is 0 Å². The summed E-state index contributed by atoms with van der Waals surface area (Å²) in [5, 5.41) is 8.61. The van der Waals surface area contributed by atoms with Gasteiger partial charge in [0.25, 0.3) is 5.56 Å². The molecule has 0 aliphatic heterocycles. The molecule has 102 valence electrons. The van der Waals surface area contributed by atoms with Crippen molar-refractivity contribution in [1.29, 1.82) is 0 Å². The molecule has 1 aromatic heterocycles. The molecule has 0 bridgehead atoms. The van der Waals surface area contributed by atoms with Crippen LogP contribution in [0, 0.1) is 0 Å². The number of rotatable bonds is 6. The Morgan fingerprint density at radius 3 is 2.61 bits per heavy atom. The van der Waals surface area contributed by atoms with Crippen molar-refractivity contribution in [3.8, 4) is 0 Å². The number of aromatic nitrogens is 2. The molecule has 0 aromatic carbocycles. The number of aliphatic hydroxyl groups excluding tert-OH is 1. The second-order valence-electron chi connectivity index (χ2n) is 3.41. The highest BCUT2D eigenvalue weighted by atomic mass is 31.2. The summed E-state index contributed by atoms with van der Waals surface area (Å²) in [5.74, 6) is 0. The van der Waals surface area contributed by atoms with Crippen LogP contribution in [0.25, 0.3) is 0 Å². The summed E-state index contributed by atoms with van der Waals surface area (Å²) in [6, 6.07) is 1.02. The van der Waals surface area contributed by atoms with Gasteiger partial charge in [0.1, 0.15) is 6.23 Å². The Hall–Kier alpha value is -1.25. The van der Waals surface area contributed by atoms with E-state index < -0.39 is 31.2 Å². The van der Waals surface area contributed by atoms with Gasteiger partial charge in [0.2, 0.25) is 0 Å². The highest BCUT2D eigenvalue weighted by Gasteiger charge is 2.24. The Kier molecular flexibility index (Phi) is 5.00. The van der Waals surface area contributed by atoms with Crippen molar-refractivity contribution in [2.24, 2.45) is 0 Å². The van der Waals surface area contributed by atoms with Gasteiger partial charge in [-0.15, -0.1) is 0 Å². The van der Waals surface area contributed by atoms with Crippen molar-refractivity contribution >= 4 is 7.60 Å². The maximum Gasteiger partial charge on any atom is 0.330 e. The van der Waals surface area contributed by atoms with Crippen LogP contribution < -0.4 is 11.2 Å². The molecule has 0 amide bonds. The quantitative estimate of drug-likeness (QED) is 0.451. The van der Waals surface area contributed by atoms with Crippen LogP contribution in [0.3, 0.4) is 0 Å². The summed E-state index contributed by atoms with van der Waals surface area (Å²) >= 11 is 0. The van der Waals surface area contributed by atoms with Gasteiger partial charge in [-0.05, 0) is 0 Å². The standard InChI is InChI=1S/C8H13N2O7P/c11-3-4-17-7(5-18(14,15)16)10-2-1-6(12)9-8(10)13/h1-2,7,11H,3-5H2,(H,9,12,13)(H2,14,15,16)/t7-/m0/s1. The minimum atomic E-state index is -4.42. The maximum atomic E-state index is 11.4. The molecule has 9 nitrogen and oxygen atoms in total. The largest absolute Gasteiger partial charge is 0.394 e. The number of nitrogens with one attached hydrogen (secondary N) is 1. The second kappa shape index (κ2) is 6.07. The maximum absolute atomic E-state index is 11.4. The third kappa shape index (κ3) is 4.55. The molecule has 0 saturated heterocycles. The molecule has 0 aliphatic rings. The fraction of sp³-hybridized carbons (Fsp3) is 0.500. The molecular formula is C8H13N2O7P. The van der Waals surface area contributed by atoms with Gasteiger partial charge in [-0.3, -0.25) is 18.9 Å². The highest BCUT2D eigenvalue weighted by molar-refractivity contribution is 7.51. The van der Waals surface area contributed by atoms with Crippen LogP contribution in [0.1, 0.15) is 6.23 Å². The first-order chi connectivity index (χ1) is 8.33. The first-order valence-electron chi connectivity index (χ1n) is 4.92. The predicted octanol–water partition coefficient (Wildman–Crippen LogP) is -1.78. The van der Waals surface area contributed by atoms with Crippen molar-refractivity contribution < 1.29 is 24.2 Å². The van der Waals surface area contributed by atoms with E-state index in [1.54, 1.807) is 0 Å². The molecule has 0 fully saturated rings. The summed E-state index contributed by atoms with van der Waals surface area (Å²) in [4.78, 5) is 42.0. The van der Waals surface area contributed by atoms with Gasteiger partial charge >= 0.3 is 13.3 Å². The number of aliphatic hydroxyl groups is 1. The normalized spacial score (nSPS) is 13.5. The summed E-state index contributed by atoms with van der Waals surface area (Å²) < 4.78 is 16.7. The van der Waals surface area contributed by atoms with E-state index in [0.717, 1.165) is 16.8 Å². The second-order valence-corrected chi connectivity index (χ2v) is 5.11. The summed E-state index contributed by atoms with van der Waals surface area (Å²) in [6.07, 6.45) is -0.931. The molecule has 1 rings (SSSR count). The van der Waals surface area contributed by atoms with Gasteiger partial charge in [0, 0.05) is 12.3 Å². The molecule has 0 spiro atoms. The molecule has 0 radical (unpaired) electrons. The lowest BCUT2D eigenvalue weighted by atomic mass is 10.5. The molecule has 1 aromatic rings. The summed E-state index contributed by atoms with van der Waals surface area (Å²) in [6.45, 7) is -0.563. The van der Waals surface area contributed by atoms with Crippen molar-refractivity contribution in [3.05, 3.63) is 33.1 Å². The number of hydrogen-bond acceptors (Lipinski definition) is 5. The Bertz CT molecular complexity index is 545. The van der Waals surface area contributed by atoms with Crippen molar-refractivity contribution in [3.63, 3.8) is 0 Å². The van der Waals surface area contributed by atoms with E-state index in [1.165, 1.54) is 0 Å². The van der Waals surface area contributed by atoms with Crippen molar-refractivity contribution in [2.75, 3.05) is 19.4 Å². The lowest BCUT2D eigenvalue weighted by Crippen LogP contribution is -2.34. The Morgan fingerprint density at radius 2 is 2.11 bits per heavy atom. The van der Waals surface area contributed by atoms with Crippen molar-refractivity contribution in [2.45, 2.75) is 6.23 Å². The highest BCUT2D eigenvalue weighted by Crippen LogP contribution is 2.38. The van der Waals surface area contributed by atoms with Gasteiger partial charge < -0.3 is 19.6 Å². The minimum absolute atomic E-state index is 0.198. The van der Waals surface area contributed by atoms with E-state index in [0.29, 0.717) is 0 Å². The zero-order valence-electron chi connectivity index (χ0n) is 9.22. The zero-order valence-corrected chi connectivity index (χ0v) is 10.1. The third-order valence-electron chi connectivity index (χ3n) is 1.96. The molecule has 1 heterocycles. The lowest BCUT2D eigenvalue weighted by Gasteiger charge is -2.19. The van der Waals surface area contributed by atoms with E-state index in [9.17, 15) is 14.2 Å². The summed E-state index contributed by atoms with van der Waals surface area (Å²) in [5.41, 5.74) is -1.48. The topological polar surface area (TPSA) is 142 Å². The molecule has 0 unspecified atom stereocenters. The average molecular weight is 280 g/mol. The van der Waals surface area contributed by atoms with Gasteiger partial charge in [0.15, 0.2) is 0 Å². The van der Waals surface area contributed by atoms with Crippen LogP contribution in [-0.2, 0) is 9.30 Å². The first kappa shape index (κ1) is 14.8. The third-order valence-corrected chi connectivity index (χ3v) is 2.74.